The Hall–Kier alpha value is -0.990. The SMILES string of the molecule is CCCCc1nn(CCC)c(C(C)CC)c1O. The van der Waals surface area contributed by atoms with Gasteiger partial charge in [-0.15, -0.1) is 0 Å². The van der Waals surface area contributed by atoms with Crippen molar-refractivity contribution in [3.8, 4) is 5.75 Å². The summed E-state index contributed by atoms with van der Waals surface area (Å²) in [6.45, 7) is 9.52. The van der Waals surface area contributed by atoms with Gasteiger partial charge in [-0.2, -0.15) is 5.10 Å². The van der Waals surface area contributed by atoms with Gasteiger partial charge in [-0.3, -0.25) is 4.68 Å². The van der Waals surface area contributed by atoms with E-state index in [4.69, 9.17) is 0 Å². The first-order valence-corrected chi connectivity index (χ1v) is 6.94. The molecule has 1 rings (SSSR count). The molecule has 3 nitrogen and oxygen atoms in total. The van der Waals surface area contributed by atoms with Crippen LogP contribution in [0.15, 0.2) is 0 Å². The van der Waals surface area contributed by atoms with Crippen molar-refractivity contribution in [3.63, 3.8) is 0 Å². The van der Waals surface area contributed by atoms with Crippen molar-refractivity contribution in [2.75, 3.05) is 0 Å². The lowest BCUT2D eigenvalue weighted by Crippen LogP contribution is -2.07. The highest BCUT2D eigenvalue weighted by molar-refractivity contribution is 5.34. The van der Waals surface area contributed by atoms with Gasteiger partial charge in [0.1, 0.15) is 5.69 Å². The van der Waals surface area contributed by atoms with Crippen LogP contribution in [0.2, 0.25) is 0 Å². The van der Waals surface area contributed by atoms with E-state index in [2.05, 4.69) is 32.8 Å². The Kier molecular flexibility index (Phi) is 5.52. The van der Waals surface area contributed by atoms with Crippen molar-refractivity contribution in [2.24, 2.45) is 0 Å². The minimum atomic E-state index is 0.379. The molecule has 0 aliphatic carbocycles. The predicted molar refractivity (Wildman–Crippen MR) is 71.5 cm³/mol. The van der Waals surface area contributed by atoms with E-state index < -0.39 is 0 Å². The lowest BCUT2D eigenvalue weighted by atomic mass is 10.0. The van der Waals surface area contributed by atoms with Crippen molar-refractivity contribution < 1.29 is 5.11 Å². The molecule has 17 heavy (non-hydrogen) atoms. The summed E-state index contributed by atoms with van der Waals surface area (Å²) in [4.78, 5) is 0. The van der Waals surface area contributed by atoms with E-state index in [0.717, 1.165) is 50.0 Å². The lowest BCUT2D eigenvalue weighted by molar-refractivity contribution is 0.446. The zero-order chi connectivity index (χ0) is 12.8. The van der Waals surface area contributed by atoms with Crippen LogP contribution in [0.5, 0.6) is 5.75 Å². The van der Waals surface area contributed by atoms with E-state index in [-0.39, 0.29) is 0 Å². The normalized spacial score (nSPS) is 12.9. The van der Waals surface area contributed by atoms with Gasteiger partial charge in [0.25, 0.3) is 0 Å². The fourth-order valence-corrected chi connectivity index (χ4v) is 2.09. The summed E-state index contributed by atoms with van der Waals surface area (Å²) in [5, 5.41) is 14.9. The van der Waals surface area contributed by atoms with E-state index >= 15 is 0 Å². The van der Waals surface area contributed by atoms with Crippen LogP contribution < -0.4 is 0 Å². The quantitative estimate of drug-likeness (QED) is 0.783. The van der Waals surface area contributed by atoms with Gasteiger partial charge in [-0.1, -0.05) is 34.1 Å². The second-order valence-corrected chi connectivity index (χ2v) is 4.82. The average molecular weight is 238 g/mol. The molecule has 1 aromatic rings. The number of aromatic nitrogens is 2. The van der Waals surface area contributed by atoms with Crippen molar-refractivity contribution >= 4 is 0 Å². The second-order valence-electron chi connectivity index (χ2n) is 4.82. The van der Waals surface area contributed by atoms with Gasteiger partial charge in [0.05, 0.1) is 5.69 Å². The Bertz CT molecular complexity index is 344. The summed E-state index contributed by atoms with van der Waals surface area (Å²) in [7, 11) is 0. The highest BCUT2D eigenvalue weighted by Crippen LogP contribution is 2.31. The molecule has 0 aliphatic rings. The summed E-state index contributed by atoms with van der Waals surface area (Å²) < 4.78 is 2.01. The molecular formula is C14H26N2O. The zero-order valence-electron chi connectivity index (χ0n) is 11.7. The third-order valence-corrected chi connectivity index (χ3v) is 3.32. The van der Waals surface area contributed by atoms with Crippen molar-refractivity contribution in [1.29, 1.82) is 0 Å². The van der Waals surface area contributed by atoms with Crippen LogP contribution in [0.25, 0.3) is 0 Å². The first-order valence-electron chi connectivity index (χ1n) is 6.94. The first-order chi connectivity index (χ1) is 8.15. The van der Waals surface area contributed by atoms with E-state index in [1.54, 1.807) is 0 Å². The smallest absolute Gasteiger partial charge is 0.160 e. The molecule has 0 saturated carbocycles. The number of hydrogen-bond acceptors (Lipinski definition) is 2. The zero-order valence-corrected chi connectivity index (χ0v) is 11.7. The van der Waals surface area contributed by atoms with E-state index in [0.29, 0.717) is 11.7 Å². The summed E-state index contributed by atoms with van der Waals surface area (Å²) >= 11 is 0. The molecule has 98 valence electrons. The van der Waals surface area contributed by atoms with E-state index in [1.165, 1.54) is 0 Å². The van der Waals surface area contributed by atoms with Gasteiger partial charge in [-0.05, 0) is 25.7 Å². The fourth-order valence-electron chi connectivity index (χ4n) is 2.09. The van der Waals surface area contributed by atoms with Crippen LogP contribution in [0, 0.1) is 0 Å². The van der Waals surface area contributed by atoms with E-state index in [9.17, 15) is 5.11 Å². The molecule has 1 N–H and O–H groups in total. The molecule has 0 spiro atoms. The molecule has 0 aliphatic heterocycles. The molecular weight excluding hydrogens is 212 g/mol. The molecule has 0 amide bonds. The molecule has 1 unspecified atom stereocenters. The van der Waals surface area contributed by atoms with Gasteiger partial charge in [0.15, 0.2) is 5.75 Å². The Balaban J connectivity index is 3.01. The van der Waals surface area contributed by atoms with Crippen LogP contribution in [0.3, 0.4) is 0 Å². The highest BCUT2D eigenvalue weighted by Gasteiger charge is 2.20. The molecule has 0 radical (unpaired) electrons. The number of rotatable bonds is 7. The minimum absolute atomic E-state index is 0.379. The van der Waals surface area contributed by atoms with E-state index in [1.807, 2.05) is 4.68 Å². The molecule has 0 aromatic carbocycles. The summed E-state index contributed by atoms with van der Waals surface area (Å²) in [6.07, 6.45) is 5.21. The number of aromatic hydroxyl groups is 1. The standard InChI is InChI=1S/C14H26N2O/c1-5-8-9-12-14(17)13(11(4)7-3)16(15-12)10-6-2/h11,17H,5-10H2,1-4H3. The first kappa shape index (κ1) is 14.1. The average Bonchev–Trinajstić information content (AvgIpc) is 2.63. The lowest BCUT2D eigenvalue weighted by Gasteiger charge is -2.11. The van der Waals surface area contributed by atoms with Crippen LogP contribution >= 0.6 is 0 Å². The molecule has 1 aromatic heterocycles. The second kappa shape index (κ2) is 6.67. The Labute approximate surface area is 105 Å². The molecule has 0 bridgehead atoms. The van der Waals surface area contributed by atoms with Crippen molar-refractivity contribution in [3.05, 3.63) is 11.4 Å². The van der Waals surface area contributed by atoms with Gasteiger partial charge >= 0.3 is 0 Å². The van der Waals surface area contributed by atoms with Crippen LogP contribution in [0.4, 0.5) is 0 Å². The van der Waals surface area contributed by atoms with Gasteiger partial charge in [0, 0.05) is 12.5 Å². The minimum Gasteiger partial charge on any atom is -0.504 e. The number of hydrogen-bond donors (Lipinski definition) is 1. The topological polar surface area (TPSA) is 38.0 Å². The Morgan fingerprint density at radius 1 is 1.24 bits per heavy atom. The molecule has 0 saturated heterocycles. The van der Waals surface area contributed by atoms with Crippen molar-refractivity contribution in [2.45, 2.75) is 72.3 Å². The third kappa shape index (κ3) is 3.24. The molecule has 0 fully saturated rings. The summed E-state index contributed by atoms with van der Waals surface area (Å²) in [5.74, 6) is 0.825. The summed E-state index contributed by atoms with van der Waals surface area (Å²) in [5.41, 5.74) is 1.91. The van der Waals surface area contributed by atoms with Gasteiger partial charge < -0.3 is 5.11 Å². The maximum absolute atomic E-state index is 10.3. The van der Waals surface area contributed by atoms with Crippen LogP contribution in [0.1, 0.15) is 70.7 Å². The Morgan fingerprint density at radius 3 is 2.47 bits per heavy atom. The third-order valence-electron chi connectivity index (χ3n) is 3.32. The predicted octanol–water partition coefficient (Wildman–Crippen LogP) is 3.85. The maximum Gasteiger partial charge on any atom is 0.160 e. The largest absolute Gasteiger partial charge is 0.504 e. The number of aryl methyl sites for hydroxylation is 2. The van der Waals surface area contributed by atoms with Gasteiger partial charge in [0.2, 0.25) is 0 Å². The van der Waals surface area contributed by atoms with Crippen molar-refractivity contribution in [1.82, 2.24) is 9.78 Å². The highest BCUT2D eigenvalue weighted by atomic mass is 16.3. The summed E-state index contributed by atoms with van der Waals surface area (Å²) in [6, 6.07) is 0. The van der Waals surface area contributed by atoms with Crippen LogP contribution in [-0.2, 0) is 13.0 Å². The monoisotopic (exact) mass is 238 g/mol. The molecule has 3 heteroatoms. The molecule has 1 heterocycles. The van der Waals surface area contributed by atoms with Gasteiger partial charge in [-0.25, -0.2) is 0 Å². The maximum atomic E-state index is 10.3. The van der Waals surface area contributed by atoms with Crippen LogP contribution in [-0.4, -0.2) is 14.9 Å². The fraction of sp³-hybridized carbons (Fsp3) is 0.786. The molecule has 1 atom stereocenters. The number of nitrogens with zero attached hydrogens (tertiary/aromatic N) is 2. The number of unbranched alkanes of at least 4 members (excludes halogenated alkanes) is 1. The Morgan fingerprint density at radius 2 is 1.94 bits per heavy atom.